The lowest BCUT2D eigenvalue weighted by Gasteiger charge is -2.50. The molecule has 0 unspecified atom stereocenters. The van der Waals surface area contributed by atoms with Crippen LogP contribution in [0.3, 0.4) is 0 Å². The summed E-state index contributed by atoms with van der Waals surface area (Å²) in [5, 5.41) is 0. The van der Waals surface area contributed by atoms with Crippen LogP contribution in [0.1, 0.15) is 13.3 Å². The van der Waals surface area contributed by atoms with E-state index in [9.17, 15) is 0 Å². The third-order valence-electron chi connectivity index (χ3n) is 2.76. The summed E-state index contributed by atoms with van der Waals surface area (Å²) in [6.45, 7) is 4.30. The summed E-state index contributed by atoms with van der Waals surface area (Å²) in [6, 6.07) is 0. The van der Waals surface area contributed by atoms with E-state index in [1.807, 2.05) is 0 Å². The van der Waals surface area contributed by atoms with Gasteiger partial charge in [0.2, 0.25) is 0 Å². The molecule has 0 radical (unpaired) electrons. The summed E-state index contributed by atoms with van der Waals surface area (Å²) in [5.74, 6) is -0.916. The Morgan fingerprint density at radius 1 is 1.23 bits per heavy atom. The van der Waals surface area contributed by atoms with Gasteiger partial charge in [0.1, 0.15) is 0 Å². The average Bonchev–Trinajstić information content (AvgIpc) is 2.21. The van der Waals surface area contributed by atoms with E-state index in [0.717, 1.165) is 26.2 Å². The standard InChI is InChI=1S/C9H13BrO3/c1-2-8-5-11-9(3-4-10,12-6-8)13-7-8/h3-4H,2,5-7H2,1H3/b4-3+. The lowest BCUT2D eigenvalue weighted by atomic mass is 9.86. The van der Waals surface area contributed by atoms with Gasteiger partial charge in [-0.05, 0) is 11.4 Å². The minimum absolute atomic E-state index is 0.0852. The molecule has 4 heteroatoms. The largest absolute Gasteiger partial charge is 0.323 e. The zero-order chi connectivity index (χ0) is 9.36. The minimum atomic E-state index is -0.916. The van der Waals surface area contributed by atoms with Crippen LogP contribution in [-0.4, -0.2) is 25.8 Å². The molecule has 74 valence electrons. The Bertz CT molecular complexity index is 202. The second kappa shape index (κ2) is 3.35. The number of hydrogen-bond acceptors (Lipinski definition) is 3. The fourth-order valence-electron chi connectivity index (χ4n) is 1.54. The van der Waals surface area contributed by atoms with Crippen LogP contribution in [0.2, 0.25) is 0 Å². The molecule has 0 N–H and O–H groups in total. The van der Waals surface area contributed by atoms with Gasteiger partial charge in [-0.2, -0.15) is 0 Å². The highest BCUT2D eigenvalue weighted by molar-refractivity contribution is 9.11. The molecule has 0 atom stereocenters. The number of halogens is 1. The van der Waals surface area contributed by atoms with Gasteiger partial charge in [-0.25, -0.2) is 0 Å². The summed E-state index contributed by atoms with van der Waals surface area (Å²) < 4.78 is 16.6. The van der Waals surface area contributed by atoms with E-state index in [2.05, 4.69) is 22.9 Å². The van der Waals surface area contributed by atoms with E-state index in [1.165, 1.54) is 0 Å². The predicted octanol–water partition coefficient (Wildman–Crippen LogP) is 2.02. The lowest BCUT2D eigenvalue weighted by Crippen LogP contribution is -2.58. The third-order valence-corrected chi connectivity index (χ3v) is 3.02. The van der Waals surface area contributed by atoms with Gasteiger partial charge in [-0.15, -0.1) is 0 Å². The van der Waals surface area contributed by atoms with Crippen LogP contribution in [-0.2, 0) is 14.2 Å². The molecule has 13 heavy (non-hydrogen) atoms. The summed E-state index contributed by atoms with van der Waals surface area (Å²) >= 11 is 3.19. The molecule has 0 aliphatic carbocycles. The van der Waals surface area contributed by atoms with Crippen LogP contribution in [0.15, 0.2) is 11.1 Å². The SMILES string of the molecule is CCC12COC(/C=C/Br)(OC1)OC2. The number of fused-ring (bicyclic) bond motifs is 3. The third kappa shape index (κ3) is 1.56. The Morgan fingerprint density at radius 2 is 1.77 bits per heavy atom. The molecule has 0 amide bonds. The minimum Gasteiger partial charge on any atom is -0.323 e. The molecule has 3 aliphatic heterocycles. The average molecular weight is 249 g/mol. The van der Waals surface area contributed by atoms with Gasteiger partial charge in [0.05, 0.1) is 19.8 Å². The van der Waals surface area contributed by atoms with Crippen molar-refractivity contribution in [3.8, 4) is 0 Å². The number of hydrogen-bond donors (Lipinski definition) is 0. The first kappa shape index (κ1) is 9.65. The Kier molecular flexibility index (Phi) is 2.49. The molecule has 3 nitrogen and oxygen atoms in total. The Morgan fingerprint density at radius 3 is 2.15 bits per heavy atom. The zero-order valence-electron chi connectivity index (χ0n) is 7.59. The predicted molar refractivity (Wildman–Crippen MR) is 51.4 cm³/mol. The highest BCUT2D eigenvalue weighted by Crippen LogP contribution is 2.40. The molecule has 0 spiro atoms. The summed E-state index contributed by atoms with van der Waals surface area (Å²) in [6.07, 6.45) is 2.77. The van der Waals surface area contributed by atoms with Crippen LogP contribution in [0.5, 0.6) is 0 Å². The molecule has 2 bridgehead atoms. The maximum absolute atomic E-state index is 5.54. The van der Waals surface area contributed by atoms with Crippen molar-refractivity contribution in [2.75, 3.05) is 19.8 Å². The van der Waals surface area contributed by atoms with Crippen LogP contribution in [0.25, 0.3) is 0 Å². The second-order valence-corrected chi connectivity index (χ2v) is 4.14. The molecular weight excluding hydrogens is 236 g/mol. The molecular formula is C9H13BrO3. The molecule has 0 aromatic carbocycles. The van der Waals surface area contributed by atoms with Gasteiger partial charge >= 0.3 is 5.97 Å². The highest BCUT2D eigenvalue weighted by Gasteiger charge is 2.50. The van der Waals surface area contributed by atoms with E-state index in [1.54, 1.807) is 11.1 Å². The Hall–Kier alpha value is 0.1000. The number of ether oxygens (including phenoxy) is 3. The lowest BCUT2D eigenvalue weighted by molar-refractivity contribution is -0.444. The monoisotopic (exact) mass is 248 g/mol. The van der Waals surface area contributed by atoms with E-state index >= 15 is 0 Å². The first-order valence-electron chi connectivity index (χ1n) is 4.44. The molecule has 0 saturated carbocycles. The quantitative estimate of drug-likeness (QED) is 0.749. The zero-order valence-corrected chi connectivity index (χ0v) is 9.17. The van der Waals surface area contributed by atoms with Crippen molar-refractivity contribution in [1.29, 1.82) is 0 Å². The van der Waals surface area contributed by atoms with Crippen molar-refractivity contribution in [2.45, 2.75) is 19.3 Å². The fourth-order valence-corrected chi connectivity index (χ4v) is 1.86. The van der Waals surface area contributed by atoms with Gasteiger partial charge in [0, 0.05) is 11.5 Å². The highest BCUT2D eigenvalue weighted by atomic mass is 79.9. The molecule has 3 rings (SSSR count). The summed E-state index contributed by atoms with van der Waals surface area (Å²) in [7, 11) is 0. The molecule has 0 aromatic rings. The maximum atomic E-state index is 5.54. The Labute approximate surface area is 86.2 Å². The molecule has 3 aliphatic rings. The van der Waals surface area contributed by atoms with Crippen LogP contribution in [0, 0.1) is 5.41 Å². The molecule has 3 heterocycles. The van der Waals surface area contributed by atoms with Gasteiger partial charge in [0.15, 0.2) is 0 Å². The van der Waals surface area contributed by atoms with Crippen molar-refractivity contribution in [3.63, 3.8) is 0 Å². The fraction of sp³-hybridized carbons (Fsp3) is 0.778. The van der Waals surface area contributed by atoms with Crippen LogP contribution >= 0.6 is 15.9 Å². The van der Waals surface area contributed by atoms with Crippen molar-refractivity contribution < 1.29 is 14.2 Å². The van der Waals surface area contributed by atoms with Gasteiger partial charge < -0.3 is 14.2 Å². The van der Waals surface area contributed by atoms with Gasteiger partial charge in [-0.1, -0.05) is 22.9 Å². The normalized spacial score (nSPS) is 44.5. The van der Waals surface area contributed by atoms with E-state index in [4.69, 9.17) is 14.2 Å². The molecule has 3 fully saturated rings. The second-order valence-electron chi connectivity index (χ2n) is 3.62. The van der Waals surface area contributed by atoms with Crippen LogP contribution < -0.4 is 0 Å². The van der Waals surface area contributed by atoms with Crippen molar-refractivity contribution >= 4 is 15.9 Å². The topological polar surface area (TPSA) is 27.7 Å². The maximum Gasteiger partial charge on any atom is 0.305 e. The number of rotatable bonds is 2. The van der Waals surface area contributed by atoms with Crippen molar-refractivity contribution in [3.05, 3.63) is 11.1 Å². The van der Waals surface area contributed by atoms with Gasteiger partial charge in [0.25, 0.3) is 0 Å². The first-order chi connectivity index (χ1) is 6.24. The first-order valence-corrected chi connectivity index (χ1v) is 5.36. The van der Waals surface area contributed by atoms with E-state index in [-0.39, 0.29) is 5.41 Å². The summed E-state index contributed by atoms with van der Waals surface area (Å²) in [4.78, 5) is 1.71. The van der Waals surface area contributed by atoms with Crippen molar-refractivity contribution in [1.82, 2.24) is 0 Å². The molecule has 0 aromatic heterocycles. The van der Waals surface area contributed by atoms with E-state index < -0.39 is 5.97 Å². The smallest absolute Gasteiger partial charge is 0.305 e. The molecule has 3 saturated heterocycles. The summed E-state index contributed by atoms with van der Waals surface area (Å²) in [5.41, 5.74) is 0.0852. The van der Waals surface area contributed by atoms with Crippen LogP contribution in [0.4, 0.5) is 0 Å². The van der Waals surface area contributed by atoms with E-state index in [0.29, 0.717) is 0 Å². The van der Waals surface area contributed by atoms with Gasteiger partial charge in [-0.3, -0.25) is 0 Å². The Balaban J connectivity index is 2.11. The van der Waals surface area contributed by atoms with Crippen molar-refractivity contribution in [2.24, 2.45) is 5.41 Å².